The first-order chi connectivity index (χ1) is 9.10. The molecule has 0 aliphatic carbocycles. The summed E-state index contributed by atoms with van der Waals surface area (Å²) in [4.78, 5) is 4.33. The van der Waals surface area contributed by atoms with E-state index in [1.165, 1.54) is 6.07 Å². The summed E-state index contributed by atoms with van der Waals surface area (Å²) in [6.07, 6.45) is 2.72. The van der Waals surface area contributed by atoms with Crippen molar-refractivity contribution in [2.24, 2.45) is 0 Å². The standard InChI is InChI=1S/C16H19FN2/c1-11-8-15(17)7-6-13(11)9-16(18-3)14-5-4-12(2)19-10-14/h4-8,10,16,18H,9H2,1-3H3. The largest absolute Gasteiger partial charge is 0.313 e. The maximum absolute atomic E-state index is 13.1. The van der Waals surface area contributed by atoms with Crippen molar-refractivity contribution in [1.29, 1.82) is 0 Å². The molecule has 1 N–H and O–H groups in total. The first kappa shape index (κ1) is 13.7. The summed E-state index contributed by atoms with van der Waals surface area (Å²) in [5.41, 5.74) is 4.30. The lowest BCUT2D eigenvalue weighted by atomic mass is 9.97. The highest BCUT2D eigenvalue weighted by Gasteiger charge is 2.12. The topological polar surface area (TPSA) is 24.9 Å². The van der Waals surface area contributed by atoms with Crippen molar-refractivity contribution in [3.05, 3.63) is 64.7 Å². The maximum atomic E-state index is 13.1. The van der Waals surface area contributed by atoms with Gasteiger partial charge in [-0.15, -0.1) is 0 Å². The lowest BCUT2D eigenvalue weighted by molar-refractivity contribution is 0.584. The van der Waals surface area contributed by atoms with Crippen LogP contribution in [-0.2, 0) is 6.42 Å². The fourth-order valence-corrected chi connectivity index (χ4v) is 2.18. The lowest BCUT2D eigenvalue weighted by Crippen LogP contribution is -2.19. The van der Waals surface area contributed by atoms with Crippen molar-refractivity contribution in [3.8, 4) is 0 Å². The molecule has 0 saturated carbocycles. The van der Waals surface area contributed by atoms with Crippen LogP contribution in [0, 0.1) is 19.7 Å². The van der Waals surface area contributed by atoms with Gasteiger partial charge in [-0.05, 0) is 62.2 Å². The quantitative estimate of drug-likeness (QED) is 0.909. The number of nitrogens with zero attached hydrogens (tertiary/aromatic N) is 1. The fraction of sp³-hybridized carbons (Fsp3) is 0.312. The van der Waals surface area contributed by atoms with Gasteiger partial charge in [-0.1, -0.05) is 12.1 Å². The number of pyridine rings is 1. The Kier molecular flexibility index (Phi) is 4.27. The van der Waals surface area contributed by atoms with Gasteiger partial charge in [0, 0.05) is 17.9 Å². The minimum atomic E-state index is -0.181. The average Bonchev–Trinajstić information content (AvgIpc) is 2.39. The van der Waals surface area contributed by atoms with E-state index in [0.717, 1.165) is 28.8 Å². The van der Waals surface area contributed by atoms with Gasteiger partial charge in [0.25, 0.3) is 0 Å². The van der Waals surface area contributed by atoms with E-state index in [-0.39, 0.29) is 11.9 Å². The third kappa shape index (κ3) is 3.38. The molecule has 2 nitrogen and oxygen atoms in total. The maximum Gasteiger partial charge on any atom is 0.123 e. The van der Waals surface area contributed by atoms with E-state index in [1.54, 1.807) is 6.07 Å². The van der Waals surface area contributed by atoms with Crippen molar-refractivity contribution in [3.63, 3.8) is 0 Å². The van der Waals surface area contributed by atoms with Gasteiger partial charge in [0.15, 0.2) is 0 Å². The first-order valence-electron chi connectivity index (χ1n) is 6.45. The molecular formula is C16H19FN2. The van der Waals surface area contributed by atoms with Gasteiger partial charge < -0.3 is 5.32 Å². The van der Waals surface area contributed by atoms with Gasteiger partial charge in [-0.2, -0.15) is 0 Å². The van der Waals surface area contributed by atoms with Crippen molar-refractivity contribution >= 4 is 0 Å². The molecule has 1 aromatic carbocycles. The molecular weight excluding hydrogens is 239 g/mol. The molecule has 1 heterocycles. The monoisotopic (exact) mass is 258 g/mol. The highest BCUT2D eigenvalue weighted by atomic mass is 19.1. The molecule has 1 atom stereocenters. The zero-order valence-electron chi connectivity index (χ0n) is 11.6. The summed E-state index contributed by atoms with van der Waals surface area (Å²) >= 11 is 0. The fourth-order valence-electron chi connectivity index (χ4n) is 2.18. The Labute approximate surface area is 113 Å². The van der Waals surface area contributed by atoms with Gasteiger partial charge >= 0.3 is 0 Å². The molecule has 0 saturated heterocycles. The zero-order valence-corrected chi connectivity index (χ0v) is 11.6. The van der Waals surface area contributed by atoms with Gasteiger partial charge in [-0.25, -0.2) is 4.39 Å². The molecule has 0 fully saturated rings. The molecule has 3 heteroatoms. The molecule has 19 heavy (non-hydrogen) atoms. The Bertz CT molecular complexity index is 549. The van der Waals surface area contributed by atoms with Crippen LogP contribution in [0.3, 0.4) is 0 Å². The van der Waals surface area contributed by atoms with Crippen molar-refractivity contribution in [2.45, 2.75) is 26.3 Å². The minimum Gasteiger partial charge on any atom is -0.313 e. The summed E-state index contributed by atoms with van der Waals surface area (Å²) in [7, 11) is 1.93. The number of aryl methyl sites for hydroxylation is 2. The predicted octanol–water partition coefficient (Wildman–Crippen LogP) is 3.34. The van der Waals surface area contributed by atoms with E-state index in [4.69, 9.17) is 0 Å². The summed E-state index contributed by atoms with van der Waals surface area (Å²) in [6, 6.07) is 9.24. The summed E-state index contributed by atoms with van der Waals surface area (Å²) in [6.45, 7) is 3.92. The molecule has 1 aromatic heterocycles. The molecule has 0 radical (unpaired) electrons. The Balaban J connectivity index is 2.21. The van der Waals surface area contributed by atoms with Crippen molar-refractivity contribution in [2.75, 3.05) is 7.05 Å². The highest BCUT2D eigenvalue weighted by molar-refractivity contribution is 5.29. The van der Waals surface area contributed by atoms with E-state index in [1.807, 2.05) is 39.2 Å². The smallest absolute Gasteiger partial charge is 0.123 e. The van der Waals surface area contributed by atoms with Crippen LogP contribution in [-0.4, -0.2) is 12.0 Å². The van der Waals surface area contributed by atoms with Crippen LogP contribution in [0.25, 0.3) is 0 Å². The molecule has 0 bridgehead atoms. The Morgan fingerprint density at radius 2 is 2.00 bits per heavy atom. The van der Waals surface area contributed by atoms with Crippen LogP contribution in [0.15, 0.2) is 36.5 Å². The van der Waals surface area contributed by atoms with E-state index in [9.17, 15) is 4.39 Å². The van der Waals surface area contributed by atoms with Crippen LogP contribution in [0.2, 0.25) is 0 Å². The number of rotatable bonds is 4. The van der Waals surface area contributed by atoms with Crippen LogP contribution in [0.4, 0.5) is 4.39 Å². The second-order valence-electron chi connectivity index (χ2n) is 4.85. The predicted molar refractivity (Wildman–Crippen MR) is 75.6 cm³/mol. The Morgan fingerprint density at radius 3 is 2.58 bits per heavy atom. The highest BCUT2D eigenvalue weighted by Crippen LogP contribution is 2.20. The Morgan fingerprint density at radius 1 is 1.21 bits per heavy atom. The second-order valence-corrected chi connectivity index (χ2v) is 4.85. The number of aromatic nitrogens is 1. The van der Waals surface area contributed by atoms with Crippen LogP contribution in [0.1, 0.15) is 28.4 Å². The number of benzene rings is 1. The van der Waals surface area contributed by atoms with Gasteiger partial charge in [0.1, 0.15) is 5.82 Å². The third-order valence-corrected chi connectivity index (χ3v) is 3.41. The van der Waals surface area contributed by atoms with Crippen molar-refractivity contribution < 1.29 is 4.39 Å². The first-order valence-corrected chi connectivity index (χ1v) is 6.45. The van der Waals surface area contributed by atoms with Gasteiger partial charge in [-0.3, -0.25) is 4.98 Å². The van der Waals surface area contributed by atoms with Gasteiger partial charge in [0.2, 0.25) is 0 Å². The molecule has 1 unspecified atom stereocenters. The number of nitrogens with one attached hydrogen (secondary N) is 1. The number of likely N-dealkylation sites (N-methyl/N-ethyl adjacent to an activating group) is 1. The van der Waals surface area contributed by atoms with Gasteiger partial charge in [0.05, 0.1) is 0 Å². The summed E-state index contributed by atoms with van der Waals surface area (Å²) < 4.78 is 13.1. The molecule has 2 rings (SSSR count). The van der Waals surface area contributed by atoms with E-state index in [0.29, 0.717) is 0 Å². The van der Waals surface area contributed by atoms with E-state index in [2.05, 4.69) is 16.4 Å². The zero-order chi connectivity index (χ0) is 13.8. The average molecular weight is 258 g/mol. The SMILES string of the molecule is CNC(Cc1ccc(F)cc1C)c1ccc(C)nc1. The molecule has 0 aliphatic heterocycles. The summed E-state index contributed by atoms with van der Waals surface area (Å²) in [5, 5.41) is 3.29. The van der Waals surface area contributed by atoms with Crippen LogP contribution < -0.4 is 5.32 Å². The number of halogens is 1. The molecule has 0 spiro atoms. The van der Waals surface area contributed by atoms with E-state index < -0.39 is 0 Å². The molecule has 100 valence electrons. The minimum absolute atomic E-state index is 0.181. The van der Waals surface area contributed by atoms with E-state index >= 15 is 0 Å². The molecule has 0 amide bonds. The lowest BCUT2D eigenvalue weighted by Gasteiger charge is -2.18. The molecule has 0 aliphatic rings. The number of hydrogen-bond donors (Lipinski definition) is 1. The van der Waals surface area contributed by atoms with Crippen LogP contribution >= 0.6 is 0 Å². The molecule has 2 aromatic rings. The Hall–Kier alpha value is -1.74. The summed E-state index contributed by atoms with van der Waals surface area (Å²) in [5.74, 6) is -0.181. The van der Waals surface area contributed by atoms with Crippen LogP contribution in [0.5, 0.6) is 0 Å². The normalized spacial score (nSPS) is 12.4. The number of hydrogen-bond acceptors (Lipinski definition) is 2. The van der Waals surface area contributed by atoms with Crippen molar-refractivity contribution in [1.82, 2.24) is 10.3 Å². The third-order valence-electron chi connectivity index (χ3n) is 3.41. The second kappa shape index (κ2) is 5.93.